The fourth-order valence-electron chi connectivity index (χ4n) is 1.45. The average molecular weight is 265 g/mol. The molecule has 1 N–H and O–H groups in total. The molecule has 0 spiro atoms. The van der Waals surface area contributed by atoms with Gasteiger partial charge < -0.3 is 14.8 Å². The van der Waals surface area contributed by atoms with Crippen LogP contribution in [-0.2, 0) is 9.53 Å². The van der Waals surface area contributed by atoms with Crippen molar-refractivity contribution in [3.63, 3.8) is 0 Å². The van der Waals surface area contributed by atoms with Gasteiger partial charge >= 0.3 is 5.97 Å². The molecule has 1 aromatic carbocycles. The largest absolute Gasteiger partial charge is 0.491 e. The molecule has 0 fully saturated rings. The van der Waals surface area contributed by atoms with Gasteiger partial charge in [-0.25, -0.2) is 0 Å². The summed E-state index contributed by atoms with van der Waals surface area (Å²) in [5.74, 6) is -0.161. The van der Waals surface area contributed by atoms with Gasteiger partial charge in [-0.2, -0.15) is 0 Å². The zero-order valence-electron chi connectivity index (χ0n) is 11.4. The smallest absolute Gasteiger partial charge is 0.325 e. The summed E-state index contributed by atoms with van der Waals surface area (Å²) in [7, 11) is 0. The lowest BCUT2D eigenvalue weighted by molar-refractivity contribution is -0.141. The molecule has 0 aliphatic rings. The molecule has 5 nitrogen and oxygen atoms in total. The molecule has 0 saturated heterocycles. The van der Waals surface area contributed by atoms with Crippen LogP contribution in [0, 0.1) is 0 Å². The number of hydrogen-bond donors (Lipinski definition) is 1. The Balaban J connectivity index is 2.59. The highest BCUT2D eigenvalue weighted by atomic mass is 16.5. The lowest BCUT2D eigenvalue weighted by atomic mass is 10.2. The van der Waals surface area contributed by atoms with Crippen molar-refractivity contribution in [2.75, 3.05) is 13.2 Å². The maximum atomic E-state index is 11.8. The van der Waals surface area contributed by atoms with E-state index in [0.717, 1.165) is 0 Å². The Bertz CT molecular complexity index is 443. The first-order chi connectivity index (χ1) is 9.02. The SMILES string of the molecule is CCOC(=O)CNC(=O)c1cccc(OC(C)C)c1. The molecule has 0 aromatic heterocycles. The van der Waals surface area contributed by atoms with Crippen LogP contribution in [0.1, 0.15) is 31.1 Å². The zero-order chi connectivity index (χ0) is 14.3. The summed E-state index contributed by atoms with van der Waals surface area (Å²) in [4.78, 5) is 22.9. The van der Waals surface area contributed by atoms with Crippen LogP contribution in [-0.4, -0.2) is 31.1 Å². The van der Waals surface area contributed by atoms with Crippen molar-refractivity contribution >= 4 is 11.9 Å². The minimum Gasteiger partial charge on any atom is -0.491 e. The molecular formula is C14H19NO4. The molecule has 0 saturated carbocycles. The lowest BCUT2D eigenvalue weighted by Gasteiger charge is -2.11. The summed E-state index contributed by atoms with van der Waals surface area (Å²) in [6, 6.07) is 6.81. The first kappa shape index (κ1) is 15.0. The van der Waals surface area contributed by atoms with E-state index in [4.69, 9.17) is 9.47 Å². The maximum absolute atomic E-state index is 11.8. The highest BCUT2D eigenvalue weighted by Crippen LogP contribution is 2.14. The average Bonchev–Trinajstić information content (AvgIpc) is 2.36. The molecule has 0 radical (unpaired) electrons. The van der Waals surface area contributed by atoms with Gasteiger partial charge in [0.2, 0.25) is 0 Å². The van der Waals surface area contributed by atoms with Crippen LogP contribution < -0.4 is 10.1 Å². The highest BCUT2D eigenvalue weighted by molar-refractivity contribution is 5.96. The van der Waals surface area contributed by atoms with E-state index >= 15 is 0 Å². The first-order valence-corrected chi connectivity index (χ1v) is 6.23. The first-order valence-electron chi connectivity index (χ1n) is 6.23. The number of carbonyl (C=O) groups is 2. The molecule has 1 amide bonds. The second-order valence-electron chi connectivity index (χ2n) is 4.18. The van der Waals surface area contributed by atoms with Gasteiger partial charge in [0.05, 0.1) is 12.7 Å². The summed E-state index contributed by atoms with van der Waals surface area (Å²) in [6.45, 7) is 5.70. The minimum absolute atomic E-state index is 0.0397. The van der Waals surface area contributed by atoms with Gasteiger partial charge in [-0.1, -0.05) is 6.07 Å². The third-order valence-corrected chi connectivity index (χ3v) is 2.17. The number of amides is 1. The Hall–Kier alpha value is -2.04. The summed E-state index contributed by atoms with van der Waals surface area (Å²) in [5.41, 5.74) is 0.447. The van der Waals surface area contributed by atoms with Crippen molar-refractivity contribution in [2.24, 2.45) is 0 Å². The van der Waals surface area contributed by atoms with Crippen molar-refractivity contribution < 1.29 is 19.1 Å². The van der Waals surface area contributed by atoms with Gasteiger partial charge in [0, 0.05) is 5.56 Å². The predicted molar refractivity (Wildman–Crippen MR) is 71.2 cm³/mol. The molecule has 0 heterocycles. The molecule has 0 atom stereocenters. The van der Waals surface area contributed by atoms with E-state index in [0.29, 0.717) is 17.9 Å². The third kappa shape index (κ3) is 5.42. The number of carbonyl (C=O) groups excluding carboxylic acids is 2. The highest BCUT2D eigenvalue weighted by Gasteiger charge is 2.09. The fraction of sp³-hybridized carbons (Fsp3) is 0.429. The summed E-state index contributed by atoms with van der Waals surface area (Å²) >= 11 is 0. The molecule has 104 valence electrons. The van der Waals surface area contributed by atoms with E-state index in [1.54, 1.807) is 31.2 Å². The van der Waals surface area contributed by atoms with Crippen molar-refractivity contribution in [3.8, 4) is 5.75 Å². The van der Waals surface area contributed by atoms with E-state index in [1.807, 2.05) is 13.8 Å². The Morgan fingerprint density at radius 2 is 2.05 bits per heavy atom. The van der Waals surface area contributed by atoms with E-state index in [1.165, 1.54) is 0 Å². The van der Waals surface area contributed by atoms with Gasteiger partial charge in [-0.15, -0.1) is 0 Å². The van der Waals surface area contributed by atoms with Crippen LogP contribution in [0.4, 0.5) is 0 Å². The second kappa shape index (κ2) is 7.41. The molecule has 19 heavy (non-hydrogen) atoms. The number of ether oxygens (including phenoxy) is 2. The number of benzene rings is 1. The van der Waals surface area contributed by atoms with Crippen LogP contribution in [0.25, 0.3) is 0 Å². The molecule has 0 aliphatic carbocycles. The minimum atomic E-state index is -0.453. The Kier molecular flexibility index (Phi) is 5.85. The topological polar surface area (TPSA) is 64.6 Å². The van der Waals surface area contributed by atoms with Gasteiger partial charge in [0.15, 0.2) is 0 Å². The van der Waals surface area contributed by atoms with Crippen molar-refractivity contribution in [2.45, 2.75) is 26.9 Å². The zero-order valence-corrected chi connectivity index (χ0v) is 11.4. The molecule has 0 bridgehead atoms. The molecule has 0 unspecified atom stereocenters. The summed E-state index contributed by atoms with van der Waals surface area (Å²) in [5, 5.41) is 2.50. The van der Waals surface area contributed by atoms with Gasteiger partial charge in [0.25, 0.3) is 5.91 Å². The van der Waals surface area contributed by atoms with Crippen molar-refractivity contribution in [1.29, 1.82) is 0 Å². The quantitative estimate of drug-likeness (QED) is 0.796. The van der Waals surface area contributed by atoms with Crippen LogP contribution in [0.5, 0.6) is 5.75 Å². The Labute approximate surface area is 112 Å². The van der Waals surface area contributed by atoms with Gasteiger partial charge in [0.1, 0.15) is 12.3 Å². The molecule has 1 rings (SSSR count). The molecule has 1 aromatic rings. The standard InChI is InChI=1S/C14H19NO4/c1-4-18-13(16)9-15-14(17)11-6-5-7-12(8-11)19-10(2)3/h5-8,10H,4,9H2,1-3H3,(H,15,17). The van der Waals surface area contributed by atoms with Crippen LogP contribution in [0.15, 0.2) is 24.3 Å². The van der Waals surface area contributed by atoms with Crippen LogP contribution in [0.2, 0.25) is 0 Å². The number of hydrogen-bond acceptors (Lipinski definition) is 4. The Morgan fingerprint density at radius 3 is 2.68 bits per heavy atom. The lowest BCUT2D eigenvalue weighted by Crippen LogP contribution is -2.30. The summed E-state index contributed by atoms with van der Waals surface area (Å²) in [6.07, 6.45) is 0.0397. The normalized spacial score (nSPS) is 10.1. The monoisotopic (exact) mass is 265 g/mol. The van der Waals surface area contributed by atoms with Crippen LogP contribution in [0.3, 0.4) is 0 Å². The van der Waals surface area contributed by atoms with E-state index in [2.05, 4.69) is 5.32 Å². The van der Waals surface area contributed by atoms with Crippen molar-refractivity contribution in [1.82, 2.24) is 5.32 Å². The van der Waals surface area contributed by atoms with E-state index < -0.39 is 5.97 Å². The summed E-state index contributed by atoms with van der Waals surface area (Å²) < 4.78 is 10.2. The van der Waals surface area contributed by atoms with Crippen LogP contribution >= 0.6 is 0 Å². The maximum Gasteiger partial charge on any atom is 0.325 e. The number of esters is 1. The third-order valence-electron chi connectivity index (χ3n) is 2.17. The van der Waals surface area contributed by atoms with E-state index in [-0.39, 0.29) is 18.6 Å². The van der Waals surface area contributed by atoms with E-state index in [9.17, 15) is 9.59 Å². The fourth-order valence-corrected chi connectivity index (χ4v) is 1.45. The molecule has 0 aliphatic heterocycles. The number of nitrogens with one attached hydrogen (secondary N) is 1. The molecule has 5 heteroatoms. The van der Waals surface area contributed by atoms with Gasteiger partial charge in [-0.3, -0.25) is 9.59 Å². The molecular weight excluding hydrogens is 246 g/mol. The number of rotatable bonds is 6. The predicted octanol–water partition coefficient (Wildman–Crippen LogP) is 1.77. The second-order valence-corrected chi connectivity index (χ2v) is 4.18. The van der Waals surface area contributed by atoms with Gasteiger partial charge in [-0.05, 0) is 39.0 Å². The Morgan fingerprint density at radius 1 is 1.32 bits per heavy atom. The van der Waals surface area contributed by atoms with Crippen molar-refractivity contribution in [3.05, 3.63) is 29.8 Å².